The minimum absolute atomic E-state index is 0.0699. The summed E-state index contributed by atoms with van der Waals surface area (Å²) in [5, 5.41) is 21.5. The zero-order valence-corrected chi connectivity index (χ0v) is 28.1. The first-order valence-corrected chi connectivity index (χ1v) is 17.1. The van der Waals surface area contributed by atoms with Crippen LogP contribution in [0.5, 0.6) is 0 Å². The van der Waals surface area contributed by atoms with Crippen molar-refractivity contribution in [2.45, 2.75) is 103 Å². The standard InChI is InChI=1S/C35H52N6O5/c1-6-7-17-41-32(43)29(31(42)23(2)3)36-33(44)35(41)15-20-39(21-16-35)30(28-24(4)37-38-25(28)5)27-13-18-40(19-14-27)34(45)46-22-26-11-9-8-10-12-26/h8-12,23,27,29-31,42H,6-7,13-22H2,1-5H3,(H,36,44)(H,37,38)/t29-,30?,31-/m1/s1. The van der Waals surface area contributed by atoms with E-state index in [2.05, 4.69) is 34.3 Å². The Labute approximate surface area is 273 Å². The number of aliphatic hydroxyl groups excluding tert-OH is 1. The first kappa shape index (κ1) is 33.9. The largest absolute Gasteiger partial charge is 0.445 e. The molecule has 4 heterocycles. The van der Waals surface area contributed by atoms with Crippen molar-refractivity contribution in [3.05, 3.63) is 52.8 Å². The van der Waals surface area contributed by atoms with Crippen LogP contribution in [-0.2, 0) is 20.9 Å². The Bertz CT molecular complexity index is 1330. The van der Waals surface area contributed by atoms with Gasteiger partial charge in [0.2, 0.25) is 11.8 Å². The molecular formula is C35H52N6O5. The number of hydrogen-bond donors (Lipinski definition) is 3. The van der Waals surface area contributed by atoms with Gasteiger partial charge in [-0.05, 0) is 63.4 Å². The average molecular weight is 637 g/mol. The molecule has 11 nitrogen and oxygen atoms in total. The Hall–Kier alpha value is -3.44. The minimum atomic E-state index is -0.934. The van der Waals surface area contributed by atoms with Gasteiger partial charge in [0, 0.05) is 50.0 Å². The van der Waals surface area contributed by atoms with E-state index < -0.39 is 17.7 Å². The molecule has 0 bridgehead atoms. The second-order valence-corrected chi connectivity index (χ2v) is 13.8. The van der Waals surface area contributed by atoms with E-state index in [0.717, 1.165) is 42.6 Å². The van der Waals surface area contributed by atoms with Gasteiger partial charge in [-0.3, -0.25) is 19.6 Å². The number of carbonyl (C=O) groups is 3. The molecule has 1 spiro atoms. The summed E-state index contributed by atoms with van der Waals surface area (Å²) < 4.78 is 5.62. The van der Waals surface area contributed by atoms with Gasteiger partial charge in [-0.1, -0.05) is 57.5 Å². The van der Waals surface area contributed by atoms with E-state index in [1.54, 1.807) is 4.90 Å². The molecule has 1 aromatic heterocycles. The number of nitrogens with zero attached hydrogens (tertiary/aromatic N) is 4. The SMILES string of the molecule is CCCCN1C(=O)[C@@H]([C@H](O)C(C)C)NC(=O)C12CCN(C(c1c(C)n[nH]c1C)C1CCN(C(=O)OCc3ccccc3)CC1)CC2. The number of amides is 3. The fourth-order valence-corrected chi connectivity index (χ4v) is 7.68. The monoisotopic (exact) mass is 636 g/mol. The van der Waals surface area contributed by atoms with E-state index >= 15 is 0 Å². The van der Waals surface area contributed by atoms with Crippen LogP contribution in [0.15, 0.2) is 30.3 Å². The van der Waals surface area contributed by atoms with Crippen LogP contribution in [0.4, 0.5) is 4.79 Å². The lowest BCUT2D eigenvalue weighted by atomic mass is 9.77. The van der Waals surface area contributed by atoms with Crippen molar-refractivity contribution in [3.8, 4) is 0 Å². The number of aryl methyl sites for hydroxylation is 2. The summed E-state index contributed by atoms with van der Waals surface area (Å²) in [5.74, 6) is -0.197. The molecule has 0 radical (unpaired) electrons. The van der Waals surface area contributed by atoms with Crippen LogP contribution in [0.1, 0.15) is 87.9 Å². The van der Waals surface area contributed by atoms with Crippen LogP contribution in [0.2, 0.25) is 0 Å². The Balaban J connectivity index is 1.30. The number of aliphatic hydroxyl groups is 1. The van der Waals surface area contributed by atoms with E-state index in [1.807, 2.05) is 56.0 Å². The van der Waals surface area contributed by atoms with Gasteiger partial charge in [0.1, 0.15) is 18.2 Å². The molecule has 11 heteroatoms. The van der Waals surface area contributed by atoms with Crippen LogP contribution in [0.3, 0.4) is 0 Å². The number of carbonyl (C=O) groups excluding carboxylic acids is 3. The maximum Gasteiger partial charge on any atom is 0.410 e. The normalized spacial score (nSPS) is 22.3. The molecule has 3 aliphatic heterocycles. The minimum Gasteiger partial charge on any atom is -0.445 e. The highest BCUT2D eigenvalue weighted by atomic mass is 16.6. The number of piperazine rings is 1. The molecule has 3 saturated heterocycles. The summed E-state index contributed by atoms with van der Waals surface area (Å²) in [6.45, 7) is 13.2. The van der Waals surface area contributed by atoms with Crippen LogP contribution in [0, 0.1) is 25.7 Å². The molecule has 3 aliphatic rings. The smallest absolute Gasteiger partial charge is 0.410 e. The van der Waals surface area contributed by atoms with Gasteiger partial charge in [-0.25, -0.2) is 4.79 Å². The van der Waals surface area contributed by atoms with Crippen molar-refractivity contribution in [1.82, 2.24) is 30.2 Å². The lowest BCUT2D eigenvalue weighted by Crippen LogP contribution is -2.75. The van der Waals surface area contributed by atoms with Crippen molar-refractivity contribution in [3.63, 3.8) is 0 Å². The van der Waals surface area contributed by atoms with E-state index in [9.17, 15) is 19.5 Å². The topological polar surface area (TPSA) is 131 Å². The molecule has 3 fully saturated rings. The third kappa shape index (κ3) is 6.81. The molecule has 3 atom stereocenters. The van der Waals surface area contributed by atoms with Crippen molar-refractivity contribution >= 4 is 17.9 Å². The number of rotatable bonds is 10. The quantitative estimate of drug-likeness (QED) is 0.358. The van der Waals surface area contributed by atoms with Crippen molar-refractivity contribution in [2.75, 3.05) is 32.7 Å². The molecule has 46 heavy (non-hydrogen) atoms. The van der Waals surface area contributed by atoms with Crippen molar-refractivity contribution < 1.29 is 24.2 Å². The van der Waals surface area contributed by atoms with Gasteiger partial charge in [0.05, 0.1) is 11.8 Å². The molecule has 0 saturated carbocycles. The van der Waals surface area contributed by atoms with Gasteiger partial charge in [0.25, 0.3) is 0 Å². The number of aromatic amines is 1. The van der Waals surface area contributed by atoms with Crippen LogP contribution in [0.25, 0.3) is 0 Å². The highest BCUT2D eigenvalue weighted by Gasteiger charge is 2.55. The zero-order valence-electron chi connectivity index (χ0n) is 28.1. The van der Waals surface area contributed by atoms with E-state index in [1.165, 1.54) is 5.56 Å². The van der Waals surface area contributed by atoms with E-state index in [0.29, 0.717) is 45.6 Å². The van der Waals surface area contributed by atoms with Crippen molar-refractivity contribution in [2.24, 2.45) is 11.8 Å². The molecule has 3 amide bonds. The predicted octanol–water partition coefficient (Wildman–Crippen LogP) is 4.10. The Morgan fingerprint density at radius 2 is 1.76 bits per heavy atom. The number of benzene rings is 1. The summed E-state index contributed by atoms with van der Waals surface area (Å²) in [6, 6.07) is 8.87. The molecule has 3 N–H and O–H groups in total. The van der Waals surface area contributed by atoms with Gasteiger partial charge >= 0.3 is 6.09 Å². The predicted molar refractivity (Wildman–Crippen MR) is 175 cm³/mol. The van der Waals surface area contributed by atoms with Crippen LogP contribution >= 0.6 is 0 Å². The molecule has 2 aromatic rings. The fourth-order valence-electron chi connectivity index (χ4n) is 7.68. The van der Waals surface area contributed by atoms with Gasteiger partial charge < -0.3 is 25.0 Å². The molecule has 1 aromatic carbocycles. The highest BCUT2D eigenvalue weighted by Crippen LogP contribution is 2.42. The van der Waals surface area contributed by atoms with Gasteiger partial charge in [0.15, 0.2) is 0 Å². The zero-order chi connectivity index (χ0) is 33.0. The molecule has 0 aliphatic carbocycles. The van der Waals surface area contributed by atoms with Crippen LogP contribution < -0.4 is 5.32 Å². The maximum absolute atomic E-state index is 13.9. The van der Waals surface area contributed by atoms with E-state index in [-0.39, 0.29) is 42.4 Å². The number of H-pyrrole nitrogens is 1. The van der Waals surface area contributed by atoms with Gasteiger partial charge in [-0.15, -0.1) is 0 Å². The van der Waals surface area contributed by atoms with E-state index in [4.69, 9.17) is 4.74 Å². The average Bonchev–Trinajstić information content (AvgIpc) is 3.39. The van der Waals surface area contributed by atoms with Crippen molar-refractivity contribution in [1.29, 1.82) is 0 Å². The number of unbranched alkanes of at least 4 members (excludes halogenated alkanes) is 1. The third-order valence-electron chi connectivity index (χ3n) is 10.5. The Morgan fingerprint density at radius 1 is 1.09 bits per heavy atom. The fraction of sp³-hybridized carbons (Fsp3) is 0.657. The summed E-state index contributed by atoms with van der Waals surface area (Å²) in [4.78, 5) is 46.7. The third-order valence-corrected chi connectivity index (χ3v) is 10.5. The number of aromatic nitrogens is 2. The Kier molecular flexibility index (Phi) is 10.7. The number of nitrogens with one attached hydrogen (secondary N) is 2. The second-order valence-electron chi connectivity index (χ2n) is 13.8. The molecule has 1 unspecified atom stereocenters. The van der Waals surface area contributed by atoms with Gasteiger partial charge in [-0.2, -0.15) is 5.10 Å². The first-order chi connectivity index (χ1) is 22.1. The first-order valence-electron chi connectivity index (χ1n) is 17.1. The number of piperidine rings is 2. The molecule has 252 valence electrons. The van der Waals surface area contributed by atoms with Crippen LogP contribution in [-0.4, -0.2) is 98.3 Å². The maximum atomic E-state index is 13.9. The highest BCUT2D eigenvalue weighted by molar-refractivity contribution is 6.00. The second kappa shape index (κ2) is 14.5. The molecular weight excluding hydrogens is 584 g/mol. The summed E-state index contributed by atoms with van der Waals surface area (Å²) in [6.07, 6.45) is 3.19. The number of ether oxygens (including phenoxy) is 1. The lowest BCUT2D eigenvalue weighted by Gasteiger charge is -2.54. The Morgan fingerprint density at radius 3 is 2.35 bits per heavy atom. The number of likely N-dealkylation sites (tertiary alicyclic amines) is 2. The molecule has 5 rings (SSSR count). The summed E-state index contributed by atoms with van der Waals surface area (Å²) in [5.41, 5.74) is 3.23. The summed E-state index contributed by atoms with van der Waals surface area (Å²) in [7, 11) is 0. The summed E-state index contributed by atoms with van der Waals surface area (Å²) >= 11 is 0. The lowest BCUT2D eigenvalue weighted by molar-refractivity contribution is -0.166. The number of hydrogen-bond acceptors (Lipinski definition) is 7.